The van der Waals surface area contributed by atoms with E-state index in [9.17, 15) is 22.7 Å². The molecule has 0 spiro atoms. The minimum atomic E-state index is -4.98. The van der Waals surface area contributed by atoms with Gasteiger partial charge in [-0.1, -0.05) is 26.0 Å². The van der Waals surface area contributed by atoms with Crippen molar-refractivity contribution in [2.75, 3.05) is 5.32 Å². The van der Waals surface area contributed by atoms with Crippen molar-refractivity contribution >= 4 is 28.7 Å². The molecule has 1 aliphatic rings. The molecule has 1 aromatic carbocycles. The van der Waals surface area contributed by atoms with Crippen LogP contribution in [0.1, 0.15) is 20.3 Å². The van der Waals surface area contributed by atoms with Gasteiger partial charge < -0.3 is 10.4 Å². The zero-order valence-electron chi connectivity index (χ0n) is 12.4. The number of hydrogen-bond acceptors (Lipinski definition) is 3. The van der Waals surface area contributed by atoms with E-state index < -0.39 is 29.3 Å². The monoisotopic (exact) mass is 349 g/mol. The molecule has 0 bridgehead atoms. The first kappa shape index (κ1) is 17.6. The van der Waals surface area contributed by atoms with Crippen molar-refractivity contribution in [3.05, 3.63) is 30.1 Å². The molecule has 2 N–H and O–H groups in total. The van der Waals surface area contributed by atoms with Crippen LogP contribution in [-0.4, -0.2) is 32.8 Å². The Morgan fingerprint density at radius 3 is 2.52 bits per heavy atom. The Morgan fingerprint density at radius 1 is 1.39 bits per heavy atom. The zero-order chi connectivity index (χ0) is 17.4. The maximum Gasteiger partial charge on any atom is 0.438 e. The molecule has 1 heterocycles. The molecule has 0 aromatic heterocycles. The van der Waals surface area contributed by atoms with Crippen molar-refractivity contribution < 1.29 is 22.7 Å². The van der Waals surface area contributed by atoms with E-state index in [1.165, 1.54) is 18.2 Å². The predicted molar refractivity (Wildman–Crippen MR) is 82.4 cm³/mol. The van der Waals surface area contributed by atoms with Gasteiger partial charge in [0.25, 0.3) is 5.72 Å². The van der Waals surface area contributed by atoms with Crippen LogP contribution in [-0.2, 0) is 0 Å². The number of benzene rings is 1. The molecule has 126 valence electrons. The highest BCUT2D eigenvalue weighted by Gasteiger charge is 2.62. The first-order valence-electron chi connectivity index (χ1n) is 6.78. The standard InChI is InChI=1S/C14H15F4N3OS/c1-8(2)11-7-13(22,14(16,17)18)21(20-11)12(23)19-10-6-4-3-5-9(10)15/h3-6,8,22H,7H2,1-2H3,(H,19,23). The molecule has 1 atom stereocenters. The number of aliphatic hydroxyl groups is 1. The molecule has 4 nitrogen and oxygen atoms in total. The van der Waals surface area contributed by atoms with E-state index in [1.807, 2.05) is 0 Å². The van der Waals surface area contributed by atoms with E-state index in [4.69, 9.17) is 12.2 Å². The lowest BCUT2D eigenvalue weighted by Crippen LogP contribution is -2.57. The summed E-state index contributed by atoms with van der Waals surface area (Å²) in [7, 11) is 0. The van der Waals surface area contributed by atoms with E-state index in [0.29, 0.717) is 5.01 Å². The number of rotatable bonds is 2. The van der Waals surface area contributed by atoms with Crippen LogP contribution in [0.5, 0.6) is 0 Å². The number of nitrogens with zero attached hydrogens (tertiary/aromatic N) is 2. The fourth-order valence-electron chi connectivity index (χ4n) is 2.06. The quantitative estimate of drug-likeness (QED) is 0.634. The third-order valence-electron chi connectivity index (χ3n) is 3.43. The van der Waals surface area contributed by atoms with Gasteiger partial charge in [0.15, 0.2) is 5.11 Å². The number of para-hydroxylation sites is 1. The van der Waals surface area contributed by atoms with Gasteiger partial charge in [0.05, 0.1) is 5.69 Å². The summed E-state index contributed by atoms with van der Waals surface area (Å²) < 4.78 is 53.5. The molecular weight excluding hydrogens is 334 g/mol. The van der Waals surface area contributed by atoms with Crippen molar-refractivity contribution in [3.63, 3.8) is 0 Å². The van der Waals surface area contributed by atoms with E-state index in [2.05, 4.69) is 10.4 Å². The smallest absolute Gasteiger partial charge is 0.362 e. The number of hydrogen-bond donors (Lipinski definition) is 2. The van der Waals surface area contributed by atoms with Gasteiger partial charge in [0.1, 0.15) is 5.82 Å². The molecule has 1 unspecified atom stereocenters. The summed E-state index contributed by atoms with van der Waals surface area (Å²) in [5.74, 6) is -0.984. The summed E-state index contributed by atoms with van der Waals surface area (Å²) in [6.07, 6.45) is -5.69. The minimum absolute atomic E-state index is 0.102. The Balaban J connectivity index is 2.33. The number of alkyl halides is 3. The summed E-state index contributed by atoms with van der Waals surface area (Å²) >= 11 is 4.89. The van der Waals surface area contributed by atoms with Crippen LogP contribution in [0.2, 0.25) is 0 Å². The van der Waals surface area contributed by atoms with Crippen molar-refractivity contribution in [3.8, 4) is 0 Å². The van der Waals surface area contributed by atoms with Gasteiger partial charge in [-0.05, 0) is 30.3 Å². The van der Waals surface area contributed by atoms with Crippen LogP contribution in [0, 0.1) is 11.7 Å². The molecule has 0 amide bonds. The van der Waals surface area contributed by atoms with E-state index in [-0.39, 0.29) is 17.3 Å². The maximum absolute atomic E-state index is 13.6. The molecule has 0 aliphatic carbocycles. The summed E-state index contributed by atoms with van der Waals surface area (Å²) in [5, 5.41) is 16.0. The molecule has 0 saturated carbocycles. The van der Waals surface area contributed by atoms with Gasteiger partial charge in [-0.3, -0.25) is 0 Å². The van der Waals surface area contributed by atoms with Gasteiger partial charge in [0, 0.05) is 12.1 Å². The Hall–Kier alpha value is -1.74. The average Bonchev–Trinajstić information content (AvgIpc) is 2.80. The normalized spacial score (nSPS) is 21.6. The van der Waals surface area contributed by atoms with Crippen LogP contribution < -0.4 is 5.32 Å². The highest BCUT2D eigenvalue weighted by atomic mass is 32.1. The summed E-state index contributed by atoms with van der Waals surface area (Å²) in [5.41, 5.74) is -3.19. The van der Waals surface area contributed by atoms with Crippen LogP contribution in [0.4, 0.5) is 23.2 Å². The Bertz CT molecular complexity index is 647. The average molecular weight is 349 g/mol. The van der Waals surface area contributed by atoms with Gasteiger partial charge in [-0.15, -0.1) is 0 Å². The Labute approximate surface area is 135 Å². The van der Waals surface area contributed by atoms with Crippen molar-refractivity contribution in [2.24, 2.45) is 11.0 Å². The maximum atomic E-state index is 13.6. The third kappa shape index (κ3) is 3.30. The second-order valence-corrected chi connectivity index (χ2v) is 5.85. The zero-order valence-corrected chi connectivity index (χ0v) is 13.2. The largest absolute Gasteiger partial charge is 0.438 e. The van der Waals surface area contributed by atoms with Crippen molar-refractivity contribution in [2.45, 2.75) is 32.2 Å². The summed E-state index contributed by atoms with van der Waals surface area (Å²) in [4.78, 5) is 0. The van der Waals surface area contributed by atoms with Gasteiger partial charge in [-0.25, -0.2) is 4.39 Å². The lowest BCUT2D eigenvalue weighted by molar-refractivity contribution is -0.294. The fraction of sp³-hybridized carbons (Fsp3) is 0.429. The van der Waals surface area contributed by atoms with Gasteiger partial charge in [0.2, 0.25) is 0 Å². The van der Waals surface area contributed by atoms with Crippen LogP contribution in [0.3, 0.4) is 0 Å². The summed E-state index contributed by atoms with van der Waals surface area (Å²) in [6, 6.07) is 5.38. The van der Waals surface area contributed by atoms with E-state index >= 15 is 0 Å². The minimum Gasteiger partial charge on any atom is -0.362 e. The van der Waals surface area contributed by atoms with Crippen molar-refractivity contribution in [1.82, 2.24) is 5.01 Å². The molecule has 0 fully saturated rings. The molecule has 23 heavy (non-hydrogen) atoms. The number of halogens is 4. The predicted octanol–water partition coefficient (Wildman–Crippen LogP) is 3.49. The molecule has 1 aromatic rings. The summed E-state index contributed by atoms with van der Waals surface area (Å²) in [6.45, 7) is 3.32. The number of anilines is 1. The van der Waals surface area contributed by atoms with Crippen molar-refractivity contribution in [1.29, 1.82) is 0 Å². The van der Waals surface area contributed by atoms with Crippen LogP contribution in [0.25, 0.3) is 0 Å². The SMILES string of the molecule is CC(C)C1=NN(C(=S)Nc2ccccc2F)C(O)(C(F)(F)F)C1. The Kier molecular flexibility index (Phi) is 4.63. The molecule has 1 aliphatic heterocycles. The lowest BCUT2D eigenvalue weighted by atomic mass is 9.99. The van der Waals surface area contributed by atoms with Gasteiger partial charge in [-0.2, -0.15) is 23.3 Å². The number of thiocarbonyl (C=S) groups is 1. The highest BCUT2D eigenvalue weighted by Crippen LogP contribution is 2.41. The van der Waals surface area contributed by atoms with E-state index in [1.54, 1.807) is 13.8 Å². The fourth-order valence-corrected chi connectivity index (χ4v) is 2.36. The second kappa shape index (κ2) is 6.04. The second-order valence-electron chi connectivity index (χ2n) is 5.46. The third-order valence-corrected chi connectivity index (χ3v) is 3.71. The molecular formula is C14H15F4N3OS. The number of nitrogens with one attached hydrogen (secondary N) is 1. The molecule has 9 heteroatoms. The van der Waals surface area contributed by atoms with Gasteiger partial charge >= 0.3 is 6.18 Å². The highest BCUT2D eigenvalue weighted by molar-refractivity contribution is 7.80. The Morgan fingerprint density at radius 2 is 2.00 bits per heavy atom. The van der Waals surface area contributed by atoms with Crippen LogP contribution >= 0.6 is 12.2 Å². The molecule has 0 radical (unpaired) electrons. The molecule has 0 saturated heterocycles. The van der Waals surface area contributed by atoms with E-state index in [0.717, 1.165) is 6.07 Å². The first-order valence-corrected chi connectivity index (χ1v) is 7.19. The van der Waals surface area contributed by atoms with Crippen LogP contribution in [0.15, 0.2) is 29.4 Å². The molecule has 2 rings (SSSR count). The number of hydrazone groups is 1. The topological polar surface area (TPSA) is 47.9 Å². The lowest BCUT2D eigenvalue weighted by Gasteiger charge is -2.34. The first-order chi connectivity index (χ1) is 10.6.